The number of nitrogens with one attached hydrogen (secondary N) is 3. The summed E-state index contributed by atoms with van der Waals surface area (Å²) in [5, 5.41) is 14.6. The summed E-state index contributed by atoms with van der Waals surface area (Å²) >= 11 is 0. The van der Waals surface area contributed by atoms with Crippen LogP contribution >= 0.6 is 0 Å². The van der Waals surface area contributed by atoms with Crippen LogP contribution in [0.25, 0.3) is 0 Å². The van der Waals surface area contributed by atoms with E-state index < -0.39 is 17.2 Å². The van der Waals surface area contributed by atoms with E-state index >= 15 is 0 Å². The van der Waals surface area contributed by atoms with Crippen LogP contribution in [-0.4, -0.2) is 57.6 Å². The Kier molecular flexibility index (Phi) is 8.31. The van der Waals surface area contributed by atoms with Crippen LogP contribution in [0.1, 0.15) is 85.3 Å². The Labute approximate surface area is 186 Å². The summed E-state index contributed by atoms with van der Waals surface area (Å²) in [6.45, 7) is 15.3. The van der Waals surface area contributed by atoms with Crippen LogP contribution < -0.4 is 16.0 Å². The first kappa shape index (κ1) is 24.9. The number of ether oxygens (including phenoxy) is 1. The maximum absolute atomic E-state index is 12.4. The summed E-state index contributed by atoms with van der Waals surface area (Å²) in [6, 6.07) is 0.219. The first-order chi connectivity index (χ1) is 14.5. The van der Waals surface area contributed by atoms with E-state index in [-0.39, 0.29) is 6.04 Å². The fraction of sp³-hybridized carbons (Fsp3) is 0.818. The van der Waals surface area contributed by atoms with Gasteiger partial charge in [0.05, 0.1) is 12.1 Å². The molecule has 0 spiro atoms. The Morgan fingerprint density at radius 3 is 2.52 bits per heavy atom. The largest absolute Gasteiger partial charge is 0.444 e. The minimum Gasteiger partial charge on any atom is -0.444 e. The molecule has 31 heavy (non-hydrogen) atoms. The Morgan fingerprint density at radius 1 is 1.29 bits per heavy atom. The zero-order chi connectivity index (χ0) is 23.2. The smallest absolute Gasteiger partial charge is 0.408 e. The van der Waals surface area contributed by atoms with Crippen LogP contribution in [0.15, 0.2) is 4.99 Å². The number of aromatic nitrogens is 3. The maximum Gasteiger partial charge on any atom is 0.408 e. The standard InChI is InChI=1S/C22H41N7O2/c1-9-22(10-2,27-20(30)31-21(5,6)7)14-24-19(23-8)25-16-11-12-17-26-18(15(3)4)28-29(17)13-16/h15-16H,9-14H2,1-8H3,(H,27,30)(H2,23,24,25). The van der Waals surface area contributed by atoms with Gasteiger partial charge in [-0.2, -0.15) is 5.10 Å². The third kappa shape index (κ3) is 7.11. The van der Waals surface area contributed by atoms with Gasteiger partial charge >= 0.3 is 6.09 Å². The first-order valence-electron chi connectivity index (χ1n) is 11.4. The number of aliphatic imine (C=N–C) groups is 1. The number of carbonyl (C=O) groups is 1. The fourth-order valence-corrected chi connectivity index (χ4v) is 3.57. The SMILES string of the molecule is CCC(CC)(CNC(=NC)NC1CCc2nc(C(C)C)nn2C1)NC(=O)OC(C)(C)C. The number of guanidine groups is 1. The molecule has 0 saturated carbocycles. The number of aryl methyl sites for hydroxylation is 1. The number of nitrogens with zero attached hydrogens (tertiary/aromatic N) is 4. The molecule has 3 N–H and O–H groups in total. The Balaban J connectivity index is 1.96. The molecule has 0 aromatic carbocycles. The van der Waals surface area contributed by atoms with Crippen LogP contribution in [0, 0.1) is 0 Å². The number of hydrogen-bond donors (Lipinski definition) is 3. The average molecular weight is 436 g/mol. The van der Waals surface area contributed by atoms with E-state index in [0.717, 1.165) is 49.8 Å². The van der Waals surface area contributed by atoms with Crippen molar-refractivity contribution in [1.29, 1.82) is 0 Å². The quantitative estimate of drug-likeness (QED) is 0.449. The van der Waals surface area contributed by atoms with Gasteiger partial charge in [-0.1, -0.05) is 27.7 Å². The molecule has 0 radical (unpaired) electrons. The summed E-state index contributed by atoms with van der Waals surface area (Å²) < 4.78 is 7.47. The number of amides is 1. The van der Waals surface area contributed by atoms with Crippen LogP contribution in [0.2, 0.25) is 0 Å². The van der Waals surface area contributed by atoms with E-state index in [0.29, 0.717) is 12.5 Å². The third-order valence-corrected chi connectivity index (χ3v) is 5.67. The molecule has 1 aromatic heterocycles. The summed E-state index contributed by atoms with van der Waals surface area (Å²) in [6.07, 6.45) is 3.02. The second-order valence-corrected chi connectivity index (χ2v) is 9.64. The van der Waals surface area contributed by atoms with Crippen molar-refractivity contribution >= 4 is 12.1 Å². The highest BCUT2D eigenvalue weighted by Crippen LogP contribution is 2.18. The lowest BCUT2D eigenvalue weighted by molar-refractivity contribution is 0.0448. The molecule has 1 aromatic rings. The fourth-order valence-electron chi connectivity index (χ4n) is 3.57. The van der Waals surface area contributed by atoms with E-state index in [1.54, 1.807) is 7.05 Å². The molecule has 2 heterocycles. The number of fused-ring (bicyclic) bond motifs is 1. The zero-order valence-electron chi connectivity index (χ0n) is 20.5. The number of hydrogen-bond acceptors (Lipinski definition) is 5. The first-order valence-corrected chi connectivity index (χ1v) is 11.4. The molecule has 1 aliphatic rings. The lowest BCUT2D eigenvalue weighted by Crippen LogP contribution is -2.58. The third-order valence-electron chi connectivity index (χ3n) is 5.67. The molecule has 9 nitrogen and oxygen atoms in total. The molecule has 9 heteroatoms. The van der Waals surface area contributed by atoms with Crippen molar-refractivity contribution in [2.75, 3.05) is 13.6 Å². The molecule has 1 aliphatic heterocycles. The Hall–Kier alpha value is -2.32. The molecule has 1 amide bonds. The van der Waals surface area contributed by atoms with Crippen molar-refractivity contribution in [2.24, 2.45) is 4.99 Å². The highest BCUT2D eigenvalue weighted by molar-refractivity contribution is 5.80. The van der Waals surface area contributed by atoms with Gasteiger partial charge in [-0.05, 0) is 40.0 Å². The van der Waals surface area contributed by atoms with Gasteiger partial charge in [0.15, 0.2) is 11.8 Å². The van der Waals surface area contributed by atoms with Crippen LogP contribution in [0.3, 0.4) is 0 Å². The highest BCUT2D eigenvalue weighted by Gasteiger charge is 2.31. The normalized spacial score (nSPS) is 17.3. The van der Waals surface area contributed by atoms with Crippen LogP contribution in [-0.2, 0) is 17.7 Å². The molecular formula is C22H41N7O2. The predicted octanol–water partition coefficient (Wildman–Crippen LogP) is 2.96. The van der Waals surface area contributed by atoms with Gasteiger partial charge < -0.3 is 20.7 Å². The molecule has 0 fully saturated rings. The molecule has 176 valence electrons. The summed E-state index contributed by atoms with van der Waals surface area (Å²) in [4.78, 5) is 21.4. The van der Waals surface area contributed by atoms with Crippen molar-refractivity contribution in [3.8, 4) is 0 Å². The molecular weight excluding hydrogens is 394 g/mol. The lowest BCUT2D eigenvalue weighted by Gasteiger charge is -2.35. The topological polar surface area (TPSA) is 105 Å². The Bertz CT molecular complexity index is 760. The molecule has 2 rings (SSSR count). The van der Waals surface area contributed by atoms with E-state index in [1.807, 2.05) is 25.5 Å². The molecule has 1 atom stereocenters. The van der Waals surface area contributed by atoms with E-state index in [9.17, 15) is 4.79 Å². The highest BCUT2D eigenvalue weighted by atomic mass is 16.6. The maximum atomic E-state index is 12.4. The van der Waals surface area contributed by atoms with E-state index in [2.05, 4.69) is 58.7 Å². The van der Waals surface area contributed by atoms with Gasteiger partial charge in [-0.3, -0.25) is 4.99 Å². The lowest BCUT2D eigenvalue weighted by atomic mass is 9.93. The van der Waals surface area contributed by atoms with Crippen molar-refractivity contribution in [3.63, 3.8) is 0 Å². The summed E-state index contributed by atoms with van der Waals surface area (Å²) in [7, 11) is 1.76. The molecule has 1 unspecified atom stereocenters. The predicted molar refractivity (Wildman–Crippen MR) is 123 cm³/mol. The summed E-state index contributed by atoms with van der Waals surface area (Å²) in [5.41, 5.74) is -0.948. The van der Waals surface area contributed by atoms with Gasteiger partial charge in [-0.15, -0.1) is 0 Å². The van der Waals surface area contributed by atoms with Crippen molar-refractivity contribution in [2.45, 2.75) is 104 Å². The summed E-state index contributed by atoms with van der Waals surface area (Å²) in [5.74, 6) is 3.01. The number of rotatable bonds is 7. The van der Waals surface area contributed by atoms with Gasteiger partial charge in [0.1, 0.15) is 11.4 Å². The van der Waals surface area contributed by atoms with Crippen molar-refractivity contribution < 1.29 is 9.53 Å². The average Bonchev–Trinajstić information content (AvgIpc) is 3.12. The van der Waals surface area contributed by atoms with Crippen LogP contribution in [0.5, 0.6) is 0 Å². The van der Waals surface area contributed by atoms with E-state index in [1.165, 1.54) is 0 Å². The number of carbonyl (C=O) groups excluding carboxylic acids is 1. The molecule has 0 bridgehead atoms. The molecule has 0 aliphatic carbocycles. The van der Waals surface area contributed by atoms with Crippen LogP contribution in [0.4, 0.5) is 4.79 Å². The Morgan fingerprint density at radius 2 is 1.97 bits per heavy atom. The van der Waals surface area contributed by atoms with Gasteiger partial charge in [0.25, 0.3) is 0 Å². The van der Waals surface area contributed by atoms with Crippen molar-refractivity contribution in [1.82, 2.24) is 30.7 Å². The number of alkyl carbamates (subject to hydrolysis) is 1. The minimum absolute atomic E-state index is 0.219. The monoisotopic (exact) mass is 435 g/mol. The van der Waals surface area contributed by atoms with Gasteiger partial charge in [0, 0.05) is 32.0 Å². The molecule has 0 saturated heterocycles. The van der Waals surface area contributed by atoms with E-state index in [4.69, 9.17) is 4.74 Å². The second kappa shape index (κ2) is 10.3. The second-order valence-electron chi connectivity index (χ2n) is 9.64. The zero-order valence-corrected chi connectivity index (χ0v) is 20.5. The van der Waals surface area contributed by atoms with Gasteiger partial charge in [0.2, 0.25) is 0 Å². The minimum atomic E-state index is -0.529. The van der Waals surface area contributed by atoms with Gasteiger partial charge in [-0.25, -0.2) is 14.5 Å². The van der Waals surface area contributed by atoms with Crippen molar-refractivity contribution in [3.05, 3.63) is 11.6 Å².